The Labute approximate surface area is 152 Å². The molecule has 0 saturated carbocycles. The zero-order valence-corrected chi connectivity index (χ0v) is 16.0. The Morgan fingerprint density at radius 1 is 1.16 bits per heavy atom. The Morgan fingerprint density at radius 3 is 2.44 bits per heavy atom. The minimum atomic E-state index is -3.80. The monoisotopic (exact) mass is 390 g/mol. The van der Waals surface area contributed by atoms with E-state index in [1.807, 2.05) is 37.3 Å². The van der Waals surface area contributed by atoms with Crippen molar-refractivity contribution in [1.82, 2.24) is 0 Å². The molecule has 140 valence electrons. The SMILES string of the molecule is CC[C@@]1(CS(=O)(=O)Cl)O[C@@H]2OC(C)(C)O[C@H]2C1OCc1ccccc1. The second kappa shape index (κ2) is 6.79. The maximum atomic E-state index is 11.8. The van der Waals surface area contributed by atoms with Crippen LogP contribution < -0.4 is 0 Å². The summed E-state index contributed by atoms with van der Waals surface area (Å²) in [5, 5.41) is 0. The van der Waals surface area contributed by atoms with E-state index in [0.29, 0.717) is 13.0 Å². The van der Waals surface area contributed by atoms with Crippen molar-refractivity contribution in [1.29, 1.82) is 0 Å². The first-order valence-corrected chi connectivity index (χ1v) is 10.7. The van der Waals surface area contributed by atoms with E-state index in [4.69, 9.17) is 29.6 Å². The summed E-state index contributed by atoms with van der Waals surface area (Å²) in [6.07, 6.45) is -1.41. The molecule has 4 atom stereocenters. The van der Waals surface area contributed by atoms with Gasteiger partial charge in [0.15, 0.2) is 12.1 Å². The Hall–Kier alpha value is -0.700. The van der Waals surface area contributed by atoms with Gasteiger partial charge in [0.1, 0.15) is 17.8 Å². The second-order valence-electron chi connectivity index (χ2n) is 6.91. The normalized spacial score (nSPS) is 34.2. The largest absolute Gasteiger partial charge is 0.368 e. The van der Waals surface area contributed by atoms with E-state index in [9.17, 15) is 8.42 Å². The highest BCUT2D eigenvalue weighted by molar-refractivity contribution is 8.13. The van der Waals surface area contributed by atoms with Crippen LogP contribution in [0.3, 0.4) is 0 Å². The minimum absolute atomic E-state index is 0.311. The zero-order chi connectivity index (χ0) is 18.3. The molecule has 1 aromatic rings. The summed E-state index contributed by atoms with van der Waals surface area (Å²) < 4.78 is 47.3. The van der Waals surface area contributed by atoms with E-state index in [0.717, 1.165) is 5.56 Å². The topological polar surface area (TPSA) is 71.1 Å². The van der Waals surface area contributed by atoms with Crippen molar-refractivity contribution in [2.45, 2.75) is 63.7 Å². The molecule has 0 amide bonds. The molecule has 0 aromatic heterocycles. The van der Waals surface area contributed by atoms with Gasteiger partial charge in [-0.25, -0.2) is 8.42 Å². The molecule has 0 spiro atoms. The quantitative estimate of drug-likeness (QED) is 0.695. The van der Waals surface area contributed by atoms with Gasteiger partial charge < -0.3 is 18.9 Å². The molecule has 2 heterocycles. The fourth-order valence-corrected chi connectivity index (χ4v) is 5.03. The van der Waals surface area contributed by atoms with Gasteiger partial charge in [-0.2, -0.15) is 0 Å². The molecule has 6 nitrogen and oxygen atoms in total. The van der Waals surface area contributed by atoms with Crippen molar-refractivity contribution in [2.24, 2.45) is 0 Å². The van der Waals surface area contributed by atoms with E-state index in [-0.39, 0.29) is 5.75 Å². The summed E-state index contributed by atoms with van der Waals surface area (Å²) >= 11 is 0. The molecule has 3 rings (SSSR count). The standard InChI is InChI=1S/C17H23ClO6S/c1-4-17(11-25(18,19)20)14(21-10-12-8-6-5-7-9-12)13-15(24-17)23-16(2,3)22-13/h5-9,13-15H,4,10-11H2,1-3H3/t13-,14?,15-,17-/m0/s1. The van der Waals surface area contributed by atoms with Gasteiger partial charge in [-0.05, 0) is 25.8 Å². The molecule has 25 heavy (non-hydrogen) atoms. The third-order valence-electron chi connectivity index (χ3n) is 4.54. The maximum Gasteiger partial charge on any atom is 0.235 e. The summed E-state index contributed by atoms with van der Waals surface area (Å²) in [6.45, 7) is 5.73. The number of rotatable bonds is 6. The fraction of sp³-hybridized carbons (Fsp3) is 0.647. The van der Waals surface area contributed by atoms with Crippen molar-refractivity contribution < 1.29 is 27.4 Å². The molecule has 0 aliphatic carbocycles. The Morgan fingerprint density at radius 2 is 1.84 bits per heavy atom. The molecule has 0 radical (unpaired) electrons. The van der Waals surface area contributed by atoms with E-state index >= 15 is 0 Å². The van der Waals surface area contributed by atoms with Gasteiger partial charge in [0, 0.05) is 10.7 Å². The van der Waals surface area contributed by atoms with Crippen LogP contribution in [0.25, 0.3) is 0 Å². The van der Waals surface area contributed by atoms with Crippen LogP contribution in [0, 0.1) is 0 Å². The Balaban J connectivity index is 1.86. The lowest BCUT2D eigenvalue weighted by molar-refractivity contribution is -0.240. The average molecular weight is 391 g/mol. The van der Waals surface area contributed by atoms with Crippen LogP contribution in [0.15, 0.2) is 30.3 Å². The molecule has 2 aliphatic rings. The van der Waals surface area contributed by atoms with Gasteiger partial charge in [0.25, 0.3) is 0 Å². The molecule has 0 N–H and O–H groups in total. The first-order valence-electron chi connectivity index (χ1n) is 8.25. The molecular formula is C17H23ClO6S. The third-order valence-corrected chi connectivity index (χ3v) is 5.70. The molecule has 1 unspecified atom stereocenters. The highest BCUT2D eigenvalue weighted by atomic mass is 35.7. The zero-order valence-electron chi connectivity index (χ0n) is 14.5. The first kappa shape index (κ1) is 19.1. The lowest BCUT2D eigenvalue weighted by Gasteiger charge is -2.35. The lowest BCUT2D eigenvalue weighted by Crippen LogP contribution is -2.50. The molecule has 2 fully saturated rings. The Bertz CT molecular complexity index is 707. The van der Waals surface area contributed by atoms with Gasteiger partial charge in [-0.1, -0.05) is 37.3 Å². The van der Waals surface area contributed by atoms with Crippen molar-refractivity contribution in [3.63, 3.8) is 0 Å². The summed E-state index contributed by atoms with van der Waals surface area (Å²) in [6, 6.07) is 9.64. The number of ether oxygens (including phenoxy) is 4. The average Bonchev–Trinajstić information content (AvgIpc) is 2.93. The van der Waals surface area contributed by atoms with Crippen molar-refractivity contribution in [2.75, 3.05) is 5.75 Å². The van der Waals surface area contributed by atoms with Crippen molar-refractivity contribution >= 4 is 19.7 Å². The van der Waals surface area contributed by atoms with E-state index in [2.05, 4.69) is 0 Å². The van der Waals surface area contributed by atoms with Crippen LogP contribution in [-0.2, 0) is 34.6 Å². The van der Waals surface area contributed by atoms with E-state index < -0.39 is 38.9 Å². The van der Waals surface area contributed by atoms with E-state index in [1.54, 1.807) is 13.8 Å². The maximum absolute atomic E-state index is 11.8. The molecule has 2 aliphatic heterocycles. The summed E-state index contributed by atoms with van der Waals surface area (Å²) in [5.74, 6) is -1.18. The van der Waals surface area contributed by atoms with Gasteiger partial charge in [-0.15, -0.1) is 0 Å². The van der Waals surface area contributed by atoms with E-state index in [1.165, 1.54) is 0 Å². The van der Waals surface area contributed by atoms with Gasteiger partial charge >= 0.3 is 0 Å². The lowest BCUT2D eigenvalue weighted by atomic mass is 9.94. The van der Waals surface area contributed by atoms with Crippen molar-refractivity contribution in [3.8, 4) is 0 Å². The van der Waals surface area contributed by atoms with Crippen LogP contribution in [0.2, 0.25) is 0 Å². The van der Waals surface area contributed by atoms with Crippen molar-refractivity contribution in [3.05, 3.63) is 35.9 Å². The van der Waals surface area contributed by atoms with Crippen LogP contribution in [0.5, 0.6) is 0 Å². The molecular weight excluding hydrogens is 368 g/mol. The summed E-state index contributed by atoms with van der Waals surface area (Å²) in [4.78, 5) is 0. The van der Waals surface area contributed by atoms with Gasteiger partial charge in [0.05, 0.1) is 12.4 Å². The number of benzene rings is 1. The summed E-state index contributed by atoms with van der Waals surface area (Å²) in [7, 11) is 1.73. The molecule has 2 saturated heterocycles. The van der Waals surface area contributed by atoms with Crippen LogP contribution in [-0.4, -0.2) is 44.1 Å². The summed E-state index contributed by atoms with van der Waals surface area (Å²) in [5.41, 5.74) is -0.135. The Kier molecular flexibility index (Phi) is 5.18. The highest BCUT2D eigenvalue weighted by Gasteiger charge is 2.62. The van der Waals surface area contributed by atoms with Gasteiger partial charge in [0.2, 0.25) is 9.05 Å². The smallest absolute Gasteiger partial charge is 0.235 e. The predicted octanol–water partition coefficient (Wildman–Crippen LogP) is 2.80. The predicted molar refractivity (Wildman–Crippen MR) is 92.6 cm³/mol. The fourth-order valence-electron chi connectivity index (χ4n) is 3.45. The number of fused-ring (bicyclic) bond motifs is 1. The third kappa shape index (κ3) is 4.18. The van der Waals surface area contributed by atoms with Gasteiger partial charge in [-0.3, -0.25) is 0 Å². The molecule has 0 bridgehead atoms. The number of hydrogen-bond donors (Lipinski definition) is 0. The first-order chi connectivity index (χ1) is 11.6. The minimum Gasteiger partial charge on any atom is -0.368 e. The molecule has 1 aromatic carbocycles. The molecule has 8 heteroatoms. The van der Waals surface area contributed by atoms with Crippen LogP contribution in [0.1, 0.15) is 32.8 Å². The second-order valence-corrected chi connectivity index (χ2v) is 9.68. The number of halogens is 1. The van der Waals surface area contributed by atoms with Crippen LogP contribution in [0.4, 0.5) is 0 Å². The number of hydrogen-bond acceptors (Lipinski definition) is 6. The van der Waals surface area contributed by atoms with Crippen LogP contribution >= 0.6 is 10.7 Å². The highest BCUT2D eigenvalue weighted by Crippen LogP contribution is 2.46.